The van der Waals surface area contributed by atoms with Gasteiger partial charge in [0.25, 0.3) is 0 Å². The number of nitrogens with zero attached hydrogens (tertiary/aromatic N) is 2. The summed E-state index contributed by atoms with van der Waals surface area (Å²) in [5, 5.41) is 11.4. The van der Waals surface area contributed by atoms with E-state index in [-0.39, 0.29) is 0 Å². The Balaban J connectivity index is 1.07. The molecule has 0 spiro atoms. The van der Waals surface area contributed by atoms with Gasteiger partial charge in [0.2, 0.25) is 0 Å². The average Bonchev–Trinajstić information content (AvgIpc) is 3.99. The molecule has 0 amide bonds. The highest BCUT2D eigenvalue weighted by molar-refractivity contribution is 6.29. The number of fused-ring (bicyclic) bond motifs is 6. The molecule has 12 aromatic carbocycles. The predicted octanol–water partition coefficient (Wildman–Crippen LogP) is 19.3. The highest BCUT2D eigenvalue weighted by atomic mass is 16.3. The third-order valence-electron chi connectivity index (χ3n) is 14.3. The summed E-state index contributed by atoms with van der Waals surface area (Å²) in [7, 11) is 0. The standard InChI is InChI=1S/C66H44N2O2/c1-41-27-33-47(43-15-5-3-6-16-43)59(39-41)67(57-23-13-21-51-49-19-9-11-25-61(49)69-65(51)57)55-37-31-45-30-36-54-56(38-32-46-29-35-53(55)63(45)64(46)54)68(60-40-42(2)28-34-48(60)44-17-7-4-8-18-44)58-24-14-22-52-50-20-10-12-26-62(50)70-66(52)58/h3-40H,1-2H3. The molecule has 14 rings (SSSR count). The van der Waals surface area contributed by atoms with Crippen molar-refractivity contribution in [1.82, 2.24) is 0 Å². The fraction of sp³-hybridized carbons (Fsp3) is 0.0303. The third-order valence-corrected chi connectivity index (χ3v) is 14.3. The summed E-state index contributed by atoms with van der Waals surface area (Å²) in [6.45, 7) is 4.36. The molecule has 0 aliphatic carbocycles. The Labute approximate surface area is 404 Å². The van der Waals surface area contributed by atoms with E-state index in [1.165, 1.54) is 32.7 Å². The summed E-state index contributed by atoms with van der Waals surface area (Å²) >= 11 is 0. The summed E-state index contributed by atoms with van der Waals surface area (Å²) in [5.74, 6) is 0. The van der Waals surface area contributed by atoms with Gasteiger partial charge in [0.05, 0.1) is 34.1 Å². The van der Waals surface area contributed by atoms with Crippen LogP contribution in [0.3, 0.4) is 0 Å². The molecule has 0 fully saturated rings. The van der Waals surface area contributed by atoms with Gasteiger partial charge < -0.3 is 18.6 Å². The molecule has 0 aliphatic heterocycles. The number of para-hydroxylation sites is 4. The van der Waals surface area contributed by atoms with Crippen molar-refractivity contribution in [2.24, 2.45) is 0 Å². The van der Waals surface area contributed by atoms with Gasteiger partial charge in [0, 0.05) is 43.4 Å². The van der Waals surface area contributed by atoms with Crippen LogP contribution in [-0.4, -0.2) is 0 Å². The highest BCUT2D eigenvalue weighted by Crippen LogP contribution is 2.52. The van der Waals surface area contributed by atoms with Crippen molar-refractivity contribution in [1.29, 1.82) is 0 Å². The lowest BCUT2D eigenvalue weighted by atomic mass is 9.91. The number of anilines is 6. The van der Waals surface area contributed by atoms with Crippen molar-refractivity contribution < 1.29 is 8.83 Å². The lowest BCUT2D eigenvalue weighted by Gasteiger charge is -2.31. The first-order chi connectivity index (χ1) is 34.6. The zero-order valence-corrected chi connectivity index (χ0v) is 38.7. The van der Waals surface area contributed by atoms with Gasteiger partial charge in [0.1, 0.15) is 11.2 Å². The smallest absolute Gasteiger partial charge is 0.159 e. The quantitative estimate of drug-likeness (QED) is 0.142. The molecular weight excluding hydrogens is 853 g/mol. The second-order valence-corrected chi connectivity index (χ2v) is 18.5. The van der Waals surface area contributed by atoms with Gasteiger partial charge in [-0.15, -0.1) is 0 Å². The number of furan rings is 2. The summed E-state index contributed by atoms with van der Waals surface area (Å²) in [6.07, 6.45) is 0. The van der Waals surface area contributed by atoms with Gasteiger partial charge in [-0.2, -0.15) is 0 Å². The molecule has 0 aliphatic rings. The van der Waals surface area contributed by atoms with Gasteiger partial charge >= 0.3 is 0 Å². The maximum Gasteiger partial charge on any atom is 0.159 e. The first-order valence-electron chi connectivity index (χ1n) is 24.0. The molecule has 0 N–H and O–H groups in total. The van der Waals surface area contributed by atoms with E-state index in [1.54, 1.807) is 0 Å². The van der Waals surface area contributed by atoms with Crippen LogP contribution in [0.5, 0.6) is 0 Å². The molecule has 4 heteroatoms. The van der Waals surface area contributed by atoms with Crippen LogP contribution in [0, 0.1) is 13.8 Å². The molecule has 0 bridgehead atoms. The van der Waals surface area contributed by atoms with Crippen molar-refractivity contribution in [2.75, 3.05) is 9.80 Å². The number of rotatable bonds is 8. The van der Waals surface area contributed by atoms with E-state index in [1.807, 2.05) is 12.1 Å². The maximum atomic E-state index is 6.88. The molecule has 14 aromatic rings. The number of hydrogen-bond donors (Lipinski definition) is 0. The normalized spacial score (nSPS) is 11.9. The van der Waals surface area contributed by atoms with Crippen LogP contribution in [0.15, 0.2) is 239 Å². The van der Waals surface area contributed by atoms with Crippen molar-refractivity contribution in [3.63, 3.8) is 0 Å². The van der Waals surface area contributed by atoms with Gasteiger partial charge in [-0.25, -0.2) is 0 Å². The van der Waals surface area contributed by atoms with Crippen molar-refractivity contribution in [3.05, 3.63) is 242 Å². The van der Waals surface area contributed by atoms with E-state index >= 15 is 0 Å². The summed E-state index contributed by atoms with van der Waals surface area (Å²) in [5.41, 5.74) is 16.6. The second kappa shape index (κ2) is 15.7. The maximum absolute atomic E-state index is 6.88. The van der Waals surface area contributed by atoms with Crippen molar-refractivity contribution in [3.8, 4) is 22.3 Å². The van der Waals surface area contributed by atoms with E-state index in [0.717, 1.165) is 111 Å². The fourth-order valence-electron chi connectivity index (χ4n) is 11.1. The van der Waals surface area contributed by atoms with Gasteiger partial charge in [-0.05, 0) is 106 Å². The molecule has 70 heavy (non-hydrogen) atoms. The van der Waals surface area contributed by atoms with E-state index in [0.29, 0.717) is 0 Å². The van der Waals surface area contributed by atoms with Crippen LogP contribution < -0.4 is 9.80 Å². The first kappa shape index (κ1) is 40.0. The SMILES string of the molecule is Cc1ccc(-c2ccccc2)c(N(c2ccc3ccc4c(N(c5cc(C)ccc5-c5ccccc5)c5cccc6c5oc5ccccc56)ccc5ccc2c3c54)c2cccc3c2oc2ccccc23)c1. The Morgan fingerprint density at radius 3 is 1.14 bits per heavy atom. The lowest BCUT2D eigenvalue weighted by Crippen LogP contribution is -2.13. The van der Waals surface area contributed by atoms with Crippen LogP contribution in [0.2, 0.25) is 0 Å². The van der Waals surface area contributed by atoms with Crippen LogP contribution >= 0.6 is 0 Å². The molecular formula is C66H44N2O2. The average molecular weight is 897 g/mol. The van der Waals surface area contributed by atoms with E-state index in [2.05, 4.69) is 242 Å². The highest BCUT2D eigenvalue weighted by Gasteiger charge is 2.28. The topological polar surface area (TPSA) is 32.8 Å². The summed E-state index contributed by atoms with van der Waals surface area (Å²) < 4.78 is 13.8. The molecule has 0 radical (unpaired) electrons. The zero-order valence-electron chi connectivity index (χ0n) is 38.7. The largest absolute Gasteiger partial charge is 0.454 e. The Bertz CT molecular complexity index is 4060. The number of aryl methyl sites for hydroxylation is 2. The molecule has 2 heterocycles. The van der Waals surface area contributed by atoms with E-state index in [9.17, 15) is 0 Å². The van der Waals surface area contributed by atoms with Crippen LogP contribution in [-0.2, 0) is 0 Å². The minimum Gasteiger partial charge on any atom is -0.454 e. The van der Waals surface area contributed by atoms with Crippen molar-refractivity contribution >= 4 is 110 Å². The molecule has 0 saturated carbocycles. The molecule has 0 saturated heterocycles. The fourth-order valence-corrected chi connectivity index (χ4v) is 11.1. The van der Waals surface area contributed by atoms with Crippen molar-refractivity contribution in [2.45, 2.75) is 13.8 Å². The van der Waals surface area contributed by atoms with Crippen LogP contribution in [0.25, 0.3) is 98.4 Å². The monoisotopic (exact) mass is 896 g/mol. The number of hydrogen-bond acceptors (Lipinski definition) is 4. The Morgan fingerprint density at radius 1 is 0.286 bits per heavy atom. The van der Waals surface area contributed by atoms with Gasteiger partial charge in [0.15, 0.2) is 11.2 Å². The molecule has 0 unspecified atom stereocenters. The molecule has 4 nitrogen and oxygen atoms in total. The third kappa shape index (κ3) is 6.16. The molecule has 0 atom stereocenters. The summed E-state index contributed by atoms with van der Waals surface area (Å²) in [6, 6.07) is 83.3. The lowest BCUT2D eigenvalue weighted by molar-refractivity contribution is 0.669. The Morgan fingerprint density at radius 2 is 0.686 bits per heavy atom. The molecule has 2 aromatic heterocycles. The second-order valence-electron chi connectivity index (χ2n) is 18.5. The van der Waals surface area contributed by atoms with E-state index < -0.39 is 0 Å². The van der Waals surface area contributed by atoms with Crippen LogP contribution in [0.1, 0.15) is 11.1 Å². The Hall–Kier alpha value is -9.12. The van der Waals surface area contributed by atoms with E-state index in [4.69, 9.17) is 8.83 Å². The minimum atomic E-state index is 0.847. The number of benzene rings is 12. The molecule has 330 valence electrons. The predicted molar refractivity (Wildman–Crippen MR) is 294 cm³/mol. The minimum absolute atomic E-state index is 0.847. The van der Waals surface area contributed by atoms with Crippen LogP contribution in [0.4, 0.5) is 34.1 Å². The van der Waals surface area contributed by atoms with Gasteiger partial charge in [-0.3, -0.25) is 0 Å². The summed E-state index contributed by atoms with van der Waals surface area (Å²) in [4.78, 5) is 4.89. The zero-order chi connectivity index (χ0) is 46.5. The Kier molecular flexibility index (Phi) is 8.99. The first-order valence-corrected chi connectivity index (χ1v) is 24.0. The van der Waals surface area contributed by atoms with Gasteiger partial charge in [-0.1, -0.05) is 182 Å².